The number of carboxylic acids is 1. The normalized spacial score (nSPS) is 17.6. The van der Waals surface area contributed by atoms with Crippen LogP contribution in [0.25, 0.3) is 0 Å². The maximum atomic E-state index is 14.3. The number of methoxy groups -OCH3 is 1. The molecule has 37 heavy (non-hydrogen) atoms. The van der Waals surface area contributed by atoms with Gasteiger partial charge >= 0.3 is 12.0 Å². The van der Waals surface area contributed by atoms with Crippen LogP contribution in [0, 0.1) is 12.8 Å². The van der Waals surface area contributed by atoms with Crippen LogP contribution < -0.4 is 15.4 Å². The molecule has 1 aliphatic rings. The number of amides is 3. The molecule has 0 spiro atoms. The number of ether oxygens (including phenoxy) is 1. The SMILES string of the molecule is COc1cc(CC(=O)N(C)CCN2CCC(CC(=O)O)C(F)C2)ccc1NC(=O)Nc1ccccc1C. The summed E-state index contributed by atoms with van der Waals surface area (Å²) in [5, 5.41) is 14.5. The Kier molecular flexibility index (Phi) is 9.85. The lowest BCUT2D eigenvalue weighted by Crippen LogP contribution is -2.45. The quantitative estimate of drug-likeness (QED) is 0.445. The minimum absolute atomic E-state index is 0.0994. The summed E-state index contributed by atoms with van der Waals surface area (Å²) in [5.41, 5.74) is 2.85. The van der Waals surface area contributed by atoms with Gasteiger partial charge in [0.2, 0.25) is 5.91 Å². The van der Waals surface area contributed by atoms with Gasteiger partial charge in [0.25, 0.3) is 0 Å². The molecule has 0 saturated carbocycles. The number of hydrogen-bond acceptors (Lipinski definition) is 5. The number of anilines is 2. The van der Waals surface area contributed by atoms with Crippen LogP contribution in [0.1, 0.15) is 24.0 Å². The summed E-state index contributed by atoms with van der Waals surface area (Å²) < 4.78 is 19.7. The first-order valence-corrected chi connectivity index (χ1v) is 12.3. The first-order chi connectivity index (χ1) is 17.7. The van der Waals surface area contributed by atoms with E-state index in [1.165, 1.54) is 7.11 Å². The number of nitrogens with zero attached hydrogens (tertiary/aromatic N) is 2. The highest BCUT2D eigenvalue weighted by atomic mass is 19.1. The second-order valence-corrected chi connectivity index (χ2v) is 9.38. The minimum atomic E-state index is -1.18. The topological polar surface area (TPSA) is 111 Å². The van der Waals surface area contributed by atoms with Crippen molar-refractivity contribution in [3.8, 4) is 5.75 Å². The van der Waals surface area contributed by atoms with Crippen LogP contribution in [0.5, 0.6) is 5.75 Å². The smallest absolute Gasteiger partial charge is 0.323 e. The summed E-state index contributed by atoms with van der Waals surface area (Å²) in [6.07, 6.45) is -0.685. The summed E-state index contributed by atoms with van der Waals surface area (Å²) in [6.45, 7) is 3.66. The van der Waals surface area contributed by atoms with E-state index in [-0.39, 0.29) is 25.3 Å². The number of piperidine rings is 1. The zero-order valence-corrected chi connectivity index (χ0v) is 21.5. The molecular weight excluding hydrogens is 479 g/mol. The number of hydrogen-bond donors (Lipinski definition) is 3. The molecule has 2 unspecified atom stereocenters. The summed E-state index contributed by atoms with van der Waals surface area (Å²) in [6, 6.07) is 12.2. The standard InChI is InChI=1S/C27H35FN4O5/c1-18-6-4-5-7-22(18)29-27(36)30-23-9-8-19(14-24(23)37-3)15-25(33)31(2)12-13-32-11-10-20(16-26(34)35)21(28)17-32/h4-9,14,20-21H,10-13,15-17H2,1-3H3,(H,34,35)(H2,29,30,36). The van der Waals surface area contributed by atoms with E-state index in [0.717, 1.165) is 11.1 Å². The molecule has 1 saturated heterocycles. The van der Waals surface area contributed by atoms with Gasteiger partial charge in [-0.1, -0.05) is 24.3 Å². The van der Waals surface area contributed by atoms with Crippen molar-refractivity contribution >= 4 is 29.3 Å². The van der Waals surface area contributed by atoms with Crippen LogP contribution in [0.2, 0.25) is 0 Å². The number of carbonyl (C=O) groups excluding carboxylic acids is 2. The average molecular weight is 515 g/mol. The number of nitrogens with one attached hydrogen (secondary N) is 2. The average Bonchev–Trinajstić information content (AvgIpc) is 2.86. The van der Waals surface area contributed by atoms with E-state index >= 15 is 0 Å². The molecule has 2 aromatic carbocycles. The van der Waals surface area contributed by atoms with Crippen LogP contribution >= 0.6 is 0 Å². The second kappa shape index (κ2) is 13.0. The van der Waals surface area contributed by atoms with E-state index in [0.29, 0.717) is 43.2 Å². The lowest BCUT2D eigenvalue weighted by molar-refractivity contribution is -0.139. The van der Waals surface area contributed by atoms with Gasteiger partial charge in [-0.25, -0.2) is 9.18 Å². The molecule has 2 atom stereocenters. The number of aryl methyl sites for hydroxylation is 1. The van der Waals surface area contributed by atoms with Crippen molar-refractivity contribution in [3.63, 3.8) is 0 Å². The number of alkyl halides is 1. The Morgan fingerprint density at radius 3 is 2.57 bits per heavy atom. The van der Waals surface area contributed by atoms with Crippen molar-refractivity contribution in [2.45, 2.75) is 32.4 Å². The Balaban J connectivity index is 1.50. The number of rotatable bonds is 10. The van der Waals surface area contributed by atoms with E-state index in [1.54, 1.807) is 30.1 Å². The summed E-state index contributed by atoms with van der Waals surface area (Å²) in [7, 11) is 3.20. The molecule has 2 aromatic rings. The largest absolute Gasteiger partial charge is 0.495 e. The third kappa shape index (κ3) is 8.18. The molecule has 3 rings (SSSR count). The van der Waals surface area contributed by atoms with Gasteiger partial charge in [0, 0.05) is 38.3 Å². The van der Waals surface area contributed by atoms with Gasteiger partial charge < -0.3 is 25.4 Å². The van der Waals surface area contributed by atoms with Gasteiger partial charge in [0.1, 0.15) is 11.9 Å². The number of aliphatic carboxylic acids is 1. The van der Waals surface area contributed by atoms with E-state index in [2.05, 4.69) is 10.6 Å². The second-order valence-electron chi connectivity index (χ2n) is 9.38. The third-order valence-corrected chi connectivity index (χ3v) is 6.64. The molecule has 1 fully saturated rings. The van der Waals surface area contributed by atoms with Crippen molar-refractivity contribution in [1.29, 1.82) is 0 Å². The maximum Gasteiger partial charge on any atom is 0.323 e. The van der Waals surface area contributed by atoms with Gasteiger partial charge in [-0.3, -0.25) is 14.5 Å². The number of halogens is 1. The fourth-order valence-corrected chi connectivity index (χ4v) is 4.34. The highest BCUT2D eigenvalue weighted by Gasteiger charge is 2.30. The molecule has 0 bridgehead atoms. The first-order valence-electron chi connectivity index (χ1n) is 12.3. The molecular formula is C27H35FN4O5. The summed E-state index contributed by atoms with van der Waals surface area (Å²) in [4.78, 5) is 39.6. The molecule has 0 radical (unpaired) electrons. The zero-order chi connectivity index (χ0) is 26.9. The van der Waals surface area contributed by atoms with E-state index < -0.39 is 24.1 Å². The Labute approximate surface area is 216 Å². The van der Waals surface area contributed by atoms with Crippen LogP contribution in [0.3, 0.4) is 0 Å². The molecule has 3 N–H and O–H groups in total. The van der Waals surface area contributed by atoms with Crippen molar-refractivity contribution in [1.82, 2.24) is 9.80 Å². The summed E-state index contributed by atoms with van der Waals surface area (Å²) >= 11 is 0. The minimum Gasteiger partial charge on any atom is -0.495 e. The van der Waals surface area contributed by atoms with Gasteiger partial charge in [0.05, 0.1) is 25.6 Å². The lowest BCUT2D eigenvalue weighted by Gasteiger charge is -2.34. The molecule has 0 aliphatic carbocycles. The molecule has 0 aromatic heterocycles. The van der Waals surface area contributed by atoms with Crippen molar-refractivity contribution in [3.05, 3.63) is 53.6 Å². The fourth-order valence-electron chi connectivity index (χ4n) is 4.34. The monoisotopic (exact) mass is 514 g/mol. The third-order valence-electron chi connectivity index (χ3n) is 6.64. The van der Waals surface area contributed by atoms with Crippen LogP contribution in [0.15, 0.2) is 42.5 Å². The predicted molar refractivity (Wildman–Crippen MR) is 140 cm³/mol. The van der Waals surface area contributed by atoms with Crippen LogP contribution in [0.4, 0.5) is 20.6 Å². The van der Waals surface area contributed by atoms with E-state index in [9.17, 15) is 18.8 Å². The predicted octanol–water partition coefficient (Wildman–Crippen LogP) is 3.78. The van der Waals surface area contributed by atoms with E-state index in [4.69, 9.17) is 9.84 Å². The maximum absolute atomic E-state index is 14.3. The van der Waals surface area contributed by atoms with Crippen molar-refractivity contribution < 1.29 is 28.6 Å². The van der Waals surface area contributed by atoms with Gasteiger partial charge in [0.15, 0.2) is 0 Å². The Morgan fingerprint density at radius 1 is 1.16 bits per heavy atom. The van der Waals surface area contributed by atoms with Gasteiger partial charge in [-0.2, -0.15) is 0 Å². The Morgan fingerprint density at radius 2 is 1.89 bits per heavy atom. The van der Waals surface area contributed by atoms with Crippen LogP contribution in [-0.2, 0) is 16.0 Å². The summed E-state index contributed by atoms with van der Waals surface area (Å²) in [5.74, 6) is -1.09. The molecule has 1 aliphatic heterocycles. The molecule has 200 valence electrons. The van der Waals surface area contributed by atoms with Gasteiger partial charge in [-0.05, 0) is 49.2 Å². The molecule has 3 amide bonds. The molecule has 10 heteroatoms. The van der Waals surface area contributed by atoms with E-state index in [1.807, 2.05) is 36.1 Å². The zero-order valence-electron chi connectivity index (χ0n) is 21.5. The number of benzene rings is 2. The molecule has 9 nitrogen and oxygen atoms in total. The lowest BCUT2D eigenvalue weighted by atomic mass is 9.92. The number of carboxylic acid groups (broad SMARTS) is 1. The Bertz CT molecular complexity index is 1110. The number of likely N-dealkylation sites (tertiary alicyclic amines) is 1. The van der Waals surface area contributed by atoms with Crippen LogP contribution in [-0.4, -0.2) is 79.3 Å². The first kappa shape index (κ1) is 27.9. The number of carbonyl (C=O) groups is 3. The highest BCUT2D eigenvalue weighted by molar-refractivity contribution is 6.01. The molecule has 1 heterocycles. The highest BCUT2D eigenvalue weighted by Crippen LogP contribution is 2.27. The number of urea groups is 1. The van der Waals surface area contributed by atoms with Crippen molar-refractivity contribution in [2.75, 3.05) is 51.0 Å². The fraction of sp³-hybridized carbons (Fsp3) is 0.444. The van der Waals surface area contributed by atoms with Gasteiger partial charge in [-0.15, -0.1) is 0 Å². The van der Waals surface area contributed by atoms with Crippen molar-refractivity contribution in [2.24, 2.45) is 5.92 Å². The number of para-hydroxylation sites is 1. The Hall–Kier alpha value is -3.66. The number of likely N-dealkylation sites (N-methyl/N-ethyl adjacent to an activating group) is 1.